The van der Waals surface area contributed by atoms with Gasteiger partial charge in [-0.3, -0.25) is 4.79 Å². The molecule has 0 bridgehead atoms. The molecule has 0 atom stereocenters. The summed E-state index contributed by atoms with van der Waals surface area (Å²) in [5.41, 5.74) is 1.34. The van der Waals surface area contributed by atoms with Crippen LogP contribution < -0.4 is 10.6 Å². The highest BCUT2D eigenvalue weighted by molar-refractivity contribution is 6.33. The van der Waals surface area contributed by atoms with E-state index in [1.807, 2.05) is 24.3 Å². The Bertz CT molecular complexity index is 614. The van der Waals surface area contributed by atoms with Gasteiger partial charge in [0.1, 0.15) is 5.82 Å². The van der Waals surface area contributed by atoms with Crippen LogP contribution in [0.15, 0.2) is 42.6 Å². The van der Waals surface area contributed by atoms with Crippen molar-refractivity contribution in [2.45, 2.75) is 26.2 Å². The van der Waals surface area contributed by atoms with Crippen molar-refractivity contribution < 1.29 is 4.79 Å². The fourth-order valence-electron chi connectivity index (χ4n) is 1.98. The quantitative estimate of drug-likeness (QED) is 0.744. The fourth-order valence-corrected chi connectivity index (χ4v) is 2.16. The first kappa shape index (κ1) is 16.3. The van der Waals surface area contributed by atoms with Crippen molar-refractivity contribution in [1.29, 1.82) is 0 Å². The van der Waals surface area contributed by atoms with E-state index in [4.69, 9.17) is 11.6 Å². The molecular formula is C17H20ClN3O. The number of rotatable bonds is 7. The average molecular weight is 318 g/mol. The van der Waals surface area contributed by atoms with Gasteiger partial charge in [-0.15, -0.1) is 0 Å². The first-order valence-corrected chi connectivity index (χ1v) is 7.84. The number of carbonyl (C=O) groups excluding carboxylic acids is 1. The van der Waals surface area contributed by atoms with Crippen molar-refractivity contribution in [2.75, 3.05) is 11.9 Å². The lowest BCUT2D eigenvalue weighted by Crippen LogP contribution is -2.24. The second kappa shape index (κ2) is 8.39. The van der Waals surface area contributed by atoms with Crippen molar-refractivity contribution in [3.8, 4) is 0 Å². The molecule has 2 aromatic rings. The van der Waals surface area contributed by atoms with Gasteiger partial charge in [0, 0.05) is 12.7 Å². The van der Waals surface area contributed by atoms with Crippen molar-refractivity contribution in [2.24, 2.45) is 0 Å². The van der Waals surface area contributed by atoms with Crippen LogP contribution in [-0.4, -0.2) is 17.4 Å². The molecule has 1 aromatic heterocycles. The third-order valence-electron chi connectivity index (χ3n) is 3.23. The number of para-hydroxylation sites is 1. The van der Waals surface area contributed by atoms with E-state index in [0.29, 0.717) is 22.9 Å². The predicted molar refractivity (Wildman–Crippen MR) is 90.8 cm³/mol. The molecule has 1 aromatic carbocycles. The van der Waals surface area contributed by atoms with Gasteiger partial charge >= 0.3 is 0 Å². The number of hydrogen-bond donors (Lipinski definition) is 2. The minimum atomic E-state index is -0.0899. The van der Waals surface area contributed by atoms with E-state index in [9.17, 15) is 4.79 Å². The summed E-state index contributed by atoms with van der Waals surface area (Å²) in [5.74, 6) is 0.559. The molecule has 0 fully saturated rings. The van der Waals surface area contributed by atoms with Crippen LogP contribution in [0.3, 0.4) is 0 Å². The van der Waals surface area contributed by atoms with Gasteiger partial charge in [0.25, 0.3) is 5.91 Å². The Morgan fingerprint density at radius 1 is 1.18 bits per heavy atom. The zero-order chi connectivity index (χ0) is 15.8. The highest BCUT2D eigenvalue weighted by Gasteiger charge is 2.06. The Labute approximate surface area is 135 Å². The Morgan fingerprint density at radius 2 is 2.00 bits per heavy atom. The molecule has 0 saturated carbocycles. The van der Waals surface area contributed by atoms with E-state index in [1.54, 1.807) is 18.3 Å². The molecule has 0 saturated heterocycles. The third-order valence-corrected chi connectivity index (χ3v) is 3.56. The summed E-state index contributed by atoms with van der Waals surface area (Å²) in [6.07, 6.45) is 4.83. The number of pyridine rings is 1. The second-order valence-corrected chi connectivity index (χ2v) is 5.41. The van der Waals surface area contributed by atoms with E-state index in [-0.39, 0.29) is 5.91 Å². The summed E-state index contributed by atoms with van der Waals surface area (Å²) < 4.78 is 0. The van der Waals surface area contributed by atoms with E-state index in [1.165, 1.54) is 0 Å². The smallest absolute Gasteiger partial charge is 0.252 e. The summed E-state index contributed by atoms with van der Waals surface area (Å²) in [6, 6.07) is 11.0. The molecule has 0 radical (unpaired) electrons. The molecule has 0 aliphatic carbocycles. The van der Waals surface area contributed by atoms with Gasteiger partial charge < -0.3 is 10.6 Å². The lowest BCUT2D eigenvalue weighted by atomic mass is 10.2. The van der Waals surface area contributed by atoms with Crippen LogP contribution >= 0.6 is 11.6 Å². The summed E-state index contributed by atoms with van der Waals surface area (Å²) in [6.45, 7) is 2.84. The number of nitrogens with one attached hydrogen (secondary N) is 2. The number of hydrogen-bond acceptors (Lipinski definition) is 3. The topological polar surface area (TPSA) is 54.0 Å². The Hall–Kier alpha value is -2.07. The normalized spacial score (nSPS) is 10.3. The Balaban J connectivity index is 1.92. The zero-order valence-electron chi connectivity index (χ0n) is 12.6. The first-order chi connectivity index (χ1) is 10.7. The van der Waals surface area contributed by atoms with E-state index >= 15 is 0 Å². The summed E-state index contributed by atoms with van der Waals surface area (Å²) in [4.78, 5) is 16.2. The monoisotopic (exact) mass is 317 g/mol. The standard InChI is InChI=1S/C17H20ClN3O/c1-2-3-6-11-19-17(22)13-9-10-16(20-12-13)21-15-8-5-4-7-14(15)18/h4-5,7-10,12H,2-3,6,11H2,1H3,(H,19,22)(H,20,21). The molecule has 0 unspecified atom stereocenters. The predicted octanol–water partition coefficient (Wildman–Crippen LogP) is 4.40. The number of amides is 1. The van der Waals surface area contributed by atoms with Crippen LogP contribution in [0, 0.1) is 0 Å². The lowest BCUT2D eigenvalue weighted by molar-refractivity contribution is 0.0952. The lowest BCUT2D eigenvalue weighted by Gasteiger charge is -2.08. The summed E-state index contributed by atoms with van der Waals surface area (Å²) >= 11 is 6.08. The Kier molecular flexibility index (Phi) is 6.22. The highest BCUT2D eigenvalue weighted by Crippen LogP contribution is 2.23. The minimum absolute atomic E-state index is 0.0899. The molecular weight excluding hydrogens is 298 g/mol. The van der Waals surface area contributed by atoms with Crippen molar-refractivity contribution in [3.63, 3.8) is 0 Å². The van der Waals surface area contributed by atoms with Crippen LogP contribution in [0.4, 0.5) is 11.5 Å². The van der Waals surface area contributed by atoms with Crippen LogP contribution in [0.2, 0.25) is 5.02 Å². The van der Waals surface area contributed by atoms with Gasteiger partial charge in [-0.25, -0.2) is 4.98 Å². The molecule has 5 heteroatoms. The molecule has 1 amide bonds. The molecule has 0 spiro atoms. The van der Waals surface area contributed by atoms with Crippen molar-refractivity contribution in [1.82, 2.24) is 10.3 Å². The third kappa shape index (κ3) is 4.74. The highest BCUT2D eigenvalue weighted by atomic mass is 35.5. The maximum atomic E-state index is 11.9. The maximum absolute atomic E-state index is 11.9. The molecule has 22 heavy (non-hydrogen) atoms. The summed E-state index contributed by atoms with van der Waals surface area (Å²) in [5, 5.41) is 6.64. The number of unbranched alkanes of at least 4 members (excludes halogenated alkanes) is 2. The molecule has 0 aliphatic heterocycles. The number of anilines is 2. The van der Waals surface area contributed by atoms with Crippen molar-refractivity contribution in [3.05, 3.63) is 53.2 Å². The molecule has 2 rings (SSSR count). The van der Waals surface area contributed by atoms with Crippen LogP contribution in [-0.2, 0) is 0 Å². The van der Waals surface area contributed by atoms with E-state index in [0.717, 1.165) is 24.9 Å². The van der Waals surface area contributed by atoms with Crippen LogP contribution in [0.5, 0.6) is 0 Å². The van der Waals surface area contributed by atoms with Gasteiger partial charge in [0.2, 0.25) is 0 Å². The van der Waals surface area contributed by atoms with Gasteiger partial charge in [-0.1, -0.05) is 43.5 Å². The van der Waals surface area contributed by atoms with E-state index in [2.05, 4.69) is 22.5 Å². The minimum Gasteiger partial charge on any atom is -0.352 e. The summed E-state index contributed by atoms with van der Waals surface area (Å²) in [7, 11) is 0. The molecule has 1 heterocycles. The number of nitrogens with zero attached hydrogens (tertiary/aromatic N) is 1. The zero-order valence-corrected chi connectivity index (χ0v) is 13.4. The number of benzene rings is 1. The SMILES string of the molecule is CCCCCNC(=O)c1ccc(Nc2ccccc2Cl)nc1. The van der Waals surface area contributed by atoms with E-state index < -0.39 is 0 Å². The molecule has 0 aliphatic rings. The van der Waals surface area contributed by atoms with Gasteiger partial charge in [0.15, 0.2) is 0 Å². The largest absolute Gasteiger partial charge is 0.352 e. The van der Waals surface area contributed by atoms with Crippen molar-refractivity contribution >= 4 is 29.0 Å². The average Bonchev–Trinajstić information content (AvgIpc) is 2.54. The number of aromatic nitrogens is 1. The van der Waals surface area contributed by atoms with Crippen LogP contribution in [0.1, 0.15) is 36.5 Å². The number of halogens is 1. The number of carbonyl (C=O) groups is 1. The van der Waals surface area contributed by atoms with Gasteiger partial charge in [-0.05, 0) is 30.7 Å². The van der Waals surface area contributed by atoms with Crippen LogP contribution in [0.25, 0.3) is 0 Å². The molecule has 4 nitrogen and oxygen atoms in total. The second-order valence-electron chi connectivity index (χ2n) is 5.00. The first-order valence-electron chi connectivity index (χ1n) is 7.46. The van der Waals surface area contributed by atoms with Gasteiger partial charge in [-0.2, -0.15) is 0 Å². The molecule has 116 valence electrons. The Morgan fingerprint density at radius 3 is 2.68 bits per heavy atom. The molecule has 2 N–H and O–H groups in total. The fraction of sp³-hybridized carbons (Fsp3) is 0.294. The maximum Gasteiger partial charge on any atom is 0.252 e. The van der Waals surface area contributed by atoms with Gasteiger partial charge in [0.05, 0.1) is 16.3 Å².